The number of halogens is 4. The number of rotatable bonds is 12. The van der Waals surface area contributed by atoms with Crippen molar-refractivity contribution in [2.24, 2.45) is 11.8 Å². The molecule has 2 aromatic carbocycles. The summed E-state index contributed by atoms with van der Waals surface area (Å²) in [4.78, 5) is 33.7. The number of non-ortho nitro benzene ring substituents is 1. The molecule has 1 saturated carbocycles. The SMILES string of the molecule is CCc1nc(Cc2ccc([N+](=O)[O-])cc2)sc1C1CCN(CC2CC(N(C)[C@@H](C(=O)O)C(C)C)CC2c2cccc(F)c2)CC1.Cl.Cl.Cl. The fourth-order valence-electron chi connectivity index (χ4n) is 7.61. The second-order valence-electron chi connectivity index (χ2n) is 13.2. The molecule has 0 radical (unpaired) electrons. The van der Waals surface area contributed by atoms with E-state index in [1.165, 1.54) is 16.6 Å². The van der Waals surface area contributed by atoms with Crippen LogP contribution in [0.4, 0.5) is 10.1 Å². The van der Waals surface area contributed by atoms with E-state index in [9.17, 15) is 24.4 Å². The van der Waals surface area contributed by atoms with Gasteiger partial charge < -0.3 is 10.0 Å². The van der Waals surface area contributed by atoms with Crippen molar-refractivity contribution in [1.82, 2.24) is 14.8 Å². The number of aryl methyl sites for hydroxylation is 1. The molecule has 2 heterocycles. The fraction of sp³-hybridized carbons (Fsp3) is 0.543. The van der Waals surface area contributed by atoms with Crippen molar-refractivity contribution in [2.45, 2.75) is 83.2 Å². The third-order valence-electron chi connectivity index (χ3n) is 9.91. The van der Waals surface area contributed by atoms with Crippen molar-refractivity contribution in [3.05, 3.63) is 91.2 Å². The first-order chi connectivity index (χ1) is 21.5. The summed E-state index contributed by atoms with van der Waals surface area (Å²) >= 11 is 1.79. The number of nitro groups is 1. The highest BCUT2D eigenvalue weighted by atomic mass is 35.5. The van der Waals surface area contributed by atoms with E-state index in [0.717, 1.165) is 67.9 Å². The Hall–Kier alpha value is -2.34. The number of thiazole rings is 1. The molecule has 8 nitrogen and oxygen atoms in total. The zero-order chi connectivity index (χ0) is 32.2. The molecule has 1 saturated heterocycles. The normalized spacial score (nSPS) is 20.5. The molecule has 0 spiro atoms. The lowest BCUT2D eigenvalue weighted by Crippen LogP contribution is -2.47. The molecule has 3 aromatic rings. The molecule has 2 aliphatic rings. The first kappa shape index (κ1) is 41.8. The molecule has 5 rings (SSSR count). The zero-order valence-corrected chi connectivity index (χ0v) is 31.2. The number of aliphatic carboxylic acids is 1. The van der Waals surface area contributed by atoms with Crippen molar-refractivity contribution in [3.63, 3.8) is 0 Å². The predicted molar refractivity (Wildman–Crippen MR) is 197 cm³/mol. The molecule has 0 bridgehead atoms. The van der Waals surface area contributed by atoms with Gasteiger partial charge in [0.05, 0.1) is 15.6 Å². The molecule has 4 atom stereocenters. The molecule has 2 fully saturated rings. The third-order valence-corrected chi connectivity index (χ3v) is 11.2. The number of carboxylic acid groups (broad SMARTS) is 1. The average Bonchev–Trinajstić information content (AvgIpc) is 3.61. The lowest BCUT2D eigenvalue weighted by atomic mass is 9.87. The number of carboxylic acids is 1. The van der Waals surface area contributed by atoms with Gasteiger partial charge in [-0.25, -0.2) is 9.37 Å². The molecular weight excluding hydrogens is 698 g/mol. The fourth-order valence-corrected chi connectivity index (χ4v) is 8.97. The van der Waals surface area contributed by atoms with Crippen LogP contribution in [0.25, 0.3) is 0 Å². The summed E-state index contributed by atoms with van der Waals surface area (Å²) < 4.78 is 14.3. The minimum atomic E-state index is -0.786. The lowest BCUT2D eigenvalue weighted by Gasteiger charge is -2.35. The molecule has 3 unspecified atom stereocenters. The van der Waals surface area contributed by atoms with E-state index in [1.54, 1.807) is 35.6 Å². The minimum Gasteiger partial charge on any atom is -0.480 e. The van der Waals surface area contributed by atoms with Crippen molar-refractivity contribution >= 4 is 60.2 Å². The number of nitrogens with zero attached hydrogens (tertiary/aromatic N) is 4. The molecule has 1 aliphatic carbocycles. The second kappa shape index (κ2) is 18.6. The Morgan fingerprint density at radius 1 is 1.12 bits per heavy atom. The standard InChI is InChI=1S/C35H45FN4O4S.3ClH/c1-5-31-34(45-32(37-31)17-23-9-11-28(12-10-23)40(43)44)24-13-15-39(16-14-24)21-26-19-29(38(4)33(22(2)3)35(41)42)20-30(26)25-7-6-8-27(36)18-25;;;/h6-12,18,22,24,26,29-30,33H,5,13-17,19-21H2,1-4H3,(H,41,42);3*1H/t26?,29?,30?,33-;;;/m1.../s1. The molecule has 13 heteroatoms. The van der Waals surface area contributed by atoms with Gasteiger partial charge in [0.25, 0.3) is 5.69 Å². The topological polar surface area (TPSA) is 99.8 Å². The maximum absolute atomic E-state index is 14.3. The van der Waals surface area contributed by atoms with Gasteiger partial charge in [0.15, 0.2) is 0 Å². The Bertz CT molecular complexity index is 1490. The lowest BCUT2D eigenvalue weighted by molar-refractivity contribution is -0.384. The van der Waals surface area contributed by atoms with Crippen LogP contribution in [0.2, 0.25) is 0 Å². The number of hydrogen-bond acceptors (Lipinski definition) is 7. The van der Waals surface area contributed by atoms with Crippen LogP contribution in [-0.2, 0) is 17.6 Å². The molecule has 0 amide bonds. The molecule has 1 aromatic heterocycles. The summed E-state index contributed by atoms with van der Waals surface area (Å²) in [6.45, 7) is 8.97. The van der Waals surface area contributed by atoms with E-state index >= 15 is 0 Å². The molecular formula is C35H48Cl3FN4O4S. The van der Waals surface area contributed by atoms with Crippen LogP contribution >= 0.6 is 48.6 Å². The second-order valence-corrected chi connectivity index (χ2v) is 14.3. The Balaban J connectivity index is 0.00000267. The van der Waals surface area contributed by atoms with E-state index in [1.807, 2.05) is 39.1 Å². The van der Waals surface area contributed by atoms with Gasteiger partial charge in [-0.2, -0.15) is 0 Å². The maximum atomic E-state index is 14.3. The number of nitro benzene ring substituents is 1. The average molecular weight is 746 g/mol. The molecule has 266 valence electrons. The van der Waals surface area contributed by atoms with Crippen LogP contribution in [0.3, 0.4) is 0 Å². The Labute approximate surface area is 305 Å². The summed E-state index contributed by atoms with van der Waals surface area (Å²) in [6, 6.07) is 13.3. The Kier molecular flexibility index (Phi) is 16.2. The van der Waals surface area contributed by atoms with Crippen LogP contribution in [0, 0.1) is 27.8 Å². The Morgan fingerprint density at radius 3 is 2.35 bits per heavy atom. The summed E-state index contributed by atoms with van der Waals surface area (Å²) in [5.74, 6) is -0.0526. The molecule has 48 heavy (non-hydrogen) atoms. The number of aromatic nitrogens is 1. The van der Waals surface area contributed by atoms with E-state index in [0.29, 0.717) is 18.3 Å². The van der Waals surface area contributed by atoms with Crippen LogP contribution in [-0.4, -0.2) is 69.5 Å². The number of piperidine rings is 1. The van der Waals surface area contributed by atoms with Crippen molar-refractivity contribution in [1.29, 1.82) is 0 Å². The van der Waals surface area contributed by atoms with Crippen LogP contribution in [0.15, 0.2) is 48.5 Å². The number of hydrogen-bond donors (Lipinski definition) is 1. The highest BCUT2D eigenvalue weighted by molar-refractivity contribution is 7.11. The van der Waals surface area contributed by atoms with Crippen LogP contribution < -0.4 is 0 Å². The van der Waals surface area contributed by atoms with Gasteiger partial charge >= 0.3 is 5.97 Å². The number of likely N-dealkylation sites (N-methyl/N-ethyl adjacent to an activating group) is 1. The van der Waals surface area contributed by atoms with Gasteiger partial charge in [0.2, 0.25) is 0 Å². The van der Waals surface area contributed by atoms with Crippen LogP contribution in [0.5, 0.6) is 0 Å². The van der Waals surface area contributed by atoms with Gasteiger partial charge in [0, 0.05) is 36.0 Å². The van der Waals surface area contributed by atoms with Crippen molar-refractivity contribution in [3.8, 4) is 0 Å². The largest absolute Gasteiger partial charge is 0.480 e. The third kappa shape index (κ3) is 9.88. The highest BCUT2D eigenvalue weighted by Gasteiger charge is 2.42. The van der Waals surface area contributed by atoms with E-state index < -0.39 is 12.0 Å². The van der Waals surface area contributed by atoms with E-state index in [-0.39, 0.29) is 71.5 Å². The summed E-state index contributed by atoms with van der Waals surface area (Å²) in [5.41, 5.74) is 3.30. The zero-order valence-electron chi connectivity index (χ0n) is 27.9. The predicted octanol–water partition coefficient (Wildman–Crippen LogP) is 8.39. The van der Waals surface area contributed by atoms with Gasteiger partial charge in [-0.05, 0) is 99.2 Å². The molecule has 1 aliphatic heterocycles. The maximum Gasteiger partial charge on any atom is 0.321 e. The van der Waals surface area contributed by atoms with Gasteiger partial charge in [0.1, 0.15) is 11.9 Å². The van der Waals surface area contributed by atoms with Gasteiger partial charge in [-0.3, -0.25) is 19.8 Å². The van der Waals surface area contributed by atoms with E-state index in [2.05, 4.69) is 16.7 Å². The Morgan fingerprint density at radius 2 is 1.79 bits per heavy atom. The number of carbonyl (C=O) groups is 1. The van der Waals surface area contributed by atoms with Crippen molar-refractivity contribution in [2.75, 3.05) is 26.7 Å². The number of benzene rings is 2. The van der Waals surface area contributed by atoms with Crippen molar-refractivity contribution < 1.29 is 19.2 Å². The quantitative estimate of drug-likeness (QED) is 0.147. The monoisotopic (exact) mass is 744 g/mol. The minimum absolute atomic E-state index is 0. The highest BCUT2D eigenvalue weighted by Crippen LogP contribution is 2.44. The first-order valence-corrected chi connectivity index (χ1v) is 17.0. The smallest absolute Gasteiger partial charge is 0.321 e. The summed E-state index contributed by atoms with van der Waals surface area (Å²) in [6.07, 6.45) is 5.40. The summed E-state index contributed by atoms with van der Waals surface area (Å²) in [5, 5.41) is 22.0. The van der Waals surface area contributed by atoms with Crippen LogP contribution in [0.1, 0.15) is 85.0 Å². The van der Waals surface area contributed by atoms with Gasteiger partial charge in [-0.1, -0.05) is 45.0 Å². The van der Waals surface area contributed by atoms with Gasteiger partial charge in [-0.15, -0.1) is 48.6 Å². The van der Waals surface area contributed by atoms with E-state index in [4.69, 9.17) is 4.98 Å². The summed E-state index contributed by atoms with van der Waals surface area (Å²) in [7, 11) is 1.94. The molecule has 1 N–H and O–H groups in total. The number of likely N-dealkylation sites (tertiary alicyclic amines) is 1. The first-order valence-electron chi connectivity index (χ1n) is 16.2.